The van der Waals surface area contributed by atoms with Crippen LogP contribution in [0.4, 0.5) is 23.7 Å². The predicted molar refractivity (Wildman–Crippen MR) is 44.3 cm³/mol. The van der Waals surface area contributed by atoms with Crippen LogP contribution >= 0.6 is 0 Å². The van der Waals surface area contributed by atoms with Crippen LogP contribution in [-0.4, -0.2) is 6.03 Å². The van der Waals surface area contributed by atoms with Crippen molar-refractivity contribution in [2.45, 2.75) is 6.92 Å². The molecule has 0 radical (unpaired) electrons. The number of amides is 2. The zero-order valence-electron chi connectivity index (χ0n) is 7.20. The highest BCUT2D eigenvalue weighted by Crippen LogP contribution is 2.22. The van der Waals surface area contributed by atoms with E-state index in [4.69, 9.17) is 5.73 Å². The van der Waals surface area contributed by atoms with Gasteiger partial charge in [-0.1, -0.05) is 0 Å². The third kappa shape index (κ3) is 1.78. The summed E-state index contributed by atoms with van der Waals surface area (Å²) in [6.07, 6.45) is 0. The second-order valence-electron chi connectivity index (χ2n) is 2.65. The van der Waals surface area contributed by atoms with Crippen molar-refractivity contribution in [2.75, 3.05) is 5.32 Å². The number of hydrogen-bond donors (Lipinski definition) is 2. The van der Waals surface area contributed by atoms with Crippen molar-refractivity contribution >= 4 is 11.7 Å². The maximum atomic E-state index is 13.1. The molecular formula is C8H7F3N2O. The Bertz CT molecular complexity index is 393. The summed E-state index contributed by atoms with van der Waals surface area (Å²) in [4.78, 5) is 10.4. The van der Waals surface area contributed by atoms with E-state index in [0.29, 0.717) is 6.07 Å². The average Bonchev–Trinajstić information content (AvgIpc) is 2.10. The van der Waals surface area contributed by atoms with Gasteiger partial charge in [0, 0.05) is 11.6 Å². The van der Waals surface area contributed by atoms with E-state index in [1.54, 1.807) is 0 Å². The second-order valence-corrected chi connectivity index (χ2v) is 2.65. The van der Waals surface area contributed by atoms with Gasteiger partial charge in [-0.05, 0) is 6.92 Å². The molecule has 1 rings (SSSR count). The zero-order valence-corrected chi connectivity index (χ0v) is 7.20. The largest absolute Gasteiger partial charge is 0.351 e. The Morgan fingerprint density at radius 1 is 1.36 bits per heavy atom. The molecule has 3 nitrogen and oxygen atoms in total. The Morgan fingerprint density at radius 2 is 1.93 bits per heavy atom. The van der Waals surface area contributed by atoms with E-state index < -0.39 is 34.7 Å². The second kappa shape index (κ2) is 3.57. The first-order chi connectivity index (χ1) is 6.43. The van der Waals surface area contributed by atoms with E-state index in [0.717, 1.165) is 6.92 Å². The summed E-state index contributed by atoms with van der Waals surface area (Å²) in [6.45, 7) is 1.06. The summed E-state index contributed by atoms with van der Waals surface area (Å²) >= 11 is 0. The average molecular weight is 204 g/mol. The third-order valence-electron chi connectivity index (χ3n) is 1.63. The van der Waals surface area contributed by atoms with Crippen LogP contribution in [0.2, 0.25) is 0 Å². The lowest BCUT2D eigenvalue weighted by Crippen LogP contribution is -2.20. The fraction of sp³-hybridized carbons (Fsp3) is 0.125. The van der Waals surface area contributed by atoms with Gasteiger partial charge in [-0.2, -0.15) is 0 Å². The number of carbonyl (C=O) groups is 1. The Balaban J connectivity index is 3.25. The summed E-state index contributed by atoms with van der Waals surface area (Å²) in [5.74, 6) is -3.56. The van der Waals surface area contributed by atoms with E-state index in [2.05, 4.69) is 0 Å². The van der Waals surface area contributed by atoms with Crippen molar-refractivity contribution in [1.82, 2.24) is 0 Å². The number of nitrogens with one attached hydrogen (secondary N) is 1. The first kappa shape index (κ1) is 10.4. The predicted octanol–water partition coefficient (Wildman–Crippen LogP) is 1.90. The number of carbonyl (C=O) groups excluding carboxylic acids is 1. The monoisotopic (exact) mass is 204 g/mol. The van der Waals surface area contributed by atoms with Crippen molar-refractivity contribution in [2.24, 2.45) is 5.73 Å². The number of halogens is 3. The van der Waals surface area contributed by atoms with Crippen LogP contribution < -0.4 is 11.1 Å². The fourth-order valence-corrected chi connectivity index (χ4v) is 0.955. The minimum atomic E-state index is -1.28. The molecule has 0 atom stereocenters. The van der Waals surface area contributed by atoms with Crippen molar-refractivity contribution in [3.63, 3.8) is 0 Å². The van der Waals surface area contributed by atoms with Gasteiger partial charge in [0.15, 0.2) is 17.5 Å². The smallest absolute Gasteiger partial charge is 0.316 e. The number of nitrogens with two attached hydrogens (primary N) is 1. The highest BCUT2D eigenvalue weighted by molar-refractivity contribution is 5.88. The van der Waals surface area contributed by atoms with Crippen LogP contribution in [-0.2, 0) is 0 Å². The molecule has 0 saturated carbocycles. The molecule has 0 bridgehead atoms. The van der Waals surface area contributed by atoms with E-state index >= 15 is 0 Å². The summed E-state index contributed by atoms with van der Waals surface area (Å²) in [5, 5.41) is 1.84. The van der Waals surface area contributed by atoms with Crippen molar-refractivity contribution in [1.29, 1.82) is 0 Å². The lowest BCUT2D eigenvalue weighted by Gasteiger charge is -2.07. The molecule has 14 heavy (non-hydrogen) atoms. The molecule has 0 unspecified atom stereocenters. The first-order valence-electron chi connectivity index (χ1n) is 3.64. The van der Waals surface area contributed by atoms with Gasteiger partial charge in [-0.15, -0.1) is 0 Å². The minimum absolute atomic E-state index is 0.478. The van der Waals surface area contributed by atoms with Gasteiger partial charge in [-0.3, -0.25) is 0 Å². The van der Waals surface area contributed by atoms with E-state index in [1.807, 2.05) is 5.32 Å². The standard InChI is InChI=1S/C8H7F3N2O/c1-3-6(10)4(9)2-5(7(3)11)13-8(12)14/h2H,1H3,(H3,12,13,14). The molecular weight excluding hydrogens is 197 g/mol. The molecule has 76 valence electrons. The SMILES string of the molecule is Cc1c(F)c(F)cc(NC(N)=O)c1F. The van der Waals surface area contributed by atoms with E-state index in [1.165, 1.54) is 0 Å². The minimum Gasteiger partial charge on any atom is -0.351 e. The lowest BCUT2D eigenvalue weighted by atomic mass is 10.2. The number of rotatable bonds is 1. The zero-order chi connectivity index (χ0) is 10.9. The molecule has 1 aromatic carbocycles. The number of anilines is 1. The normalized spacial score (nSPS) is 10.0. The Morgan fingerprint density at radius 3 is 2.43 bits per heavy atom. The molecule has 0 spiro atoms. The van der Waals surface area contributed by atoms with Crippen molar-refractivity contribution < 1.29 is 18.0 Å². The van der Waals surface area contributed by atoms with Gasteiger partial charge < -0.3 is 11.1 Å². The number of urea groups is 1. The Hall–Kier alpha value is -1.72. The van der Waals surface area contributed by atoms with Gasteiger partial charge in [0.05, 0.1) is 5.69 Å². The van der Waals surface area contributed by atoms with Crippen LogP contribution in [0.5, 0.6) is 0 Å². The fourth-order valence-electron chi connectivity index (χ4n) is 0.955. The van der Waals surface area contributed by atoms with Crippen LogP contribution in [0.25, 0.3) is 0 Å². The van der Waals surface area contributed by atoms with E-state index in [-0.39, 0.29) is 0 Å². The Kier molecular flexibility index (Phi) is 2.64. The lowest BCUT2D eigenvalue weighted by molar-refractivity contribution is 0.259. The molecule has 0 aliphatic heterocycles. The molecule has 3 N–H and O–H groups in total. The van der Waals surface area contributed by atoms with Gasteiger partial charge in [0.25, 0.3) is 0 Å². The maximum absolute atomic E-state index is 13.1. The molecule has 0 fully saturated rings. The summed E-state index contributed by atoms with van der Waals surface area (Å²) in [7, 11) is 0. The Labute approximate surface area is 77.7 Å². The highest BCUT2D eigenvalue weighted by Gasteiger charge is 2.15. The molecule has 1 aromatic rings. The first-order valence-corrected chi connectivity index (χ1v) is 3.64. The quantitative estimate of drug-likeness (QED) is 0.674. The highest BCUT2D eigenvalue weighted by atomic mass is 19.2. The molecule has 0 aromatic heterocycles. The summed E-state index contributed by atoms with van der Waals surface area (Å²) < 4.78 is 38.6. The van der Waals surface area contributed by atoms with E-state index in [9.17, 15) is 18.0 Å². The number of benzene rings is 1. The van der Waals surface area contributed by atoms with Gasteiger partial charge >= 0.3 is 6.03 Å². The molecule has 0 saturated heterocycles. The topological polar surface area (TPSA) is 55.1 Å². The molecule has 6 heteroatoms. The van der Waals surface area contributed by atoms with Gasteiger partial charge in [0.1, 0.15) is 0 Å². The number of hydrogen-bond acceptors (Lipinski definition) is 1. The van der Waals surface area contributed by atoms with Crippen LogP contribution in [0.1, 0.15) is 5.56 Å². The van der Waals surface area contributed by atoms with Crippen LogP contribution in [0.15, 0.2) is 6.07 Å². The molecule has 2 amide bonds. The van der Waals surface area contributed by atoms with Crippen LogP contribution in [0.3, 0.4) is 0 Å². The van der Waals surface area contributed by atoms with Gasteiger partial charge in [0.2, 0.25) is 0 Å². The van der Waals surface area contributed by atoms with Crippen molar-refractivity contribution in [3.05, 3.63) is 29.1 Å². The van der Waals surface area contributed by atoms with Crippen LogP contribution in [0, 0.1) is 24.4 Å². The third-order valence-corrected chi connectivity index (χ3v) is 1.63. The van der Waals surface area contributed by atoms with Gasteiger partial charge in [-0.25, -0.2) is 18.0 Å². The summed E-state index contributed by atoms with van der Waals surface area (Å²) in [6, 6.07) is -0.517. The molecule has 0 heterocycles. The van der Waals surface area contributed by atoms with Crippen molar-refractivity contribution in [3.8, 4) is 0 Å². The molecule has 0 aliphatic rings. The maximum Gasteiger partial charge on any atom is 0.316 e. The summed E-state index contributed by atoms with van der Waals surface area (Å²) in [5.41, 5.74) is 3.71. The number of primary amides is 1. The molecule has 0 aliphatic carbocycles.